The molecule has 132 valence electrons. The first-order chi connectivity index (χ1) is 11.5. The van der Waals surface area contributed by atoms with Crippen molar-refractivity contribution in [3.8, 4) is 0 Å². The Labute approximate surface area is 149 Å². The van der Waals surface area contributed by atoms with Crippen molar-refractivity contribution < 1.29 is 28.5 Å². The molecule has 6 nitrogen and oxygen atoms in total. The van der Waals surface area contributed by atoms with E-state index in [0.717, 1.165) is 0 Å². The van der Waals surface area contributed by atoms with E-state index in [2.05, 4.69) is 15.9 Å². The molecule has 0 heterocycles. The maximum absolute atomic E-state index is 12.4. The number of esters is 2. The van der Waals surface area contributed by atoms with E-state index in [0.29, 0.717) is 18.4 Å². The Kier molecular flexibility index (Phi) is 6.37. The van der Waals surface area contributed by atoms with Gasteiger partial charge >= 0.3 is 11.9 Å². The molecule has 1 saturated carbocycles. The Morgan fingerprint density at radius 2 is 1.79 bits per heavy atom. The SMILES string of the molecule is COC(=O)C1(Br)CC[C@H](OC(=O)c2ccccc2)[C@H]1C(OC)OC. The zero-order chi connectivity index (χ0) is 17.7. The van der Waals surface area contributed by atoms with Crippen LogP contribution in [-0.2, 0) is 23.7 Å². The zero-order valence-corrected chi connectivity index (χ0v) is 15.4. The number of rotatable bonds is 6. The number of ether oxygens (including phenoxy) is 4. The summed E-state index contributed by atoms with van der Waals surface area (Å²) in [6.07, 6.45) is -0.326. The molecule has 1 aromatic carbocycles. The summed E-state index contributed by atoms with van der Waals surface area (Å²) in [5, 5.41) is 0. The Balaban J connectivity index is 2.25. The molecule has 3 atom stereocenters. The molecule has 1 unspecified atom stereocenters. The third-order valence-electron chi connectivity index (χ3n) is 4.27. The molecule has 0 aromatic heterocycles. The van der Waals surface area contributed by atoms with Crippen molar-refractivity contribution >= 4 is 27.9 Å². The van der Waals surface area contributed by atoms with Crippen molar-refractivity contribution in [2.24, 2.45) is 5.92 Å². The minimum Gasteiger partial charge on any atom is -0.468 e. The first kappa shape index (κ1) is 18.9. The van der Waals surface area contributed by atoms with Crippen LogP contribution in [0.3, 0.4) is 0 Å². The monoisotopic (exact) mass is 400 g/mol. The number of alkyl halides is 1. The highest BCUT2D eigenvalue weighted by molar-refractivity contribution is 9.10. The summed E-state index contributed by atoms with van der Waals surface area (Å²) in [6, 6.07) is 8.70. The first-order valence-corrected chi connectivity index (χ1v) is 8.36. The van der Waals surface area contributed by atoms with Crippen molar-refractivity contribution in [1.29, 1.82) is 0 Å². The van der Waals surface area contributed by atoms with Gasteiger partial charge in [0.25, 0.3) is 0 Å². The molecule has 2 rings (SSSR count). The van der Waals surface area contributed by atoms with Gasteiger partial charge in [-0.15, -0.1) is 0 Å². The van der Waals surface area contributed by atoms with E-state index in [1.807, 2.05) is 6.07 Å². The van der Waals surface area contributed by atoms with E-state index in [1.54, 1.807) is 24.3 Å². The largest absolute Gasteiger partial charge is 0.468 e. The van der Waals surface area contributed by atoms with Gasteiger partial charge in [-0.1, -0.05) is 34.1 Å². The maximum atomic E-state index is 12.4. The van der Waals surface area contributed by atoms with Crippen LogP contribution in [0.25, 0.3) is 0 Å². The van der Waals surface area contributed by atoms with Gasteiger partial charge in [-0.2, -0.15) is 0 Å². The van der Waals surface area contributed by atoms with Crippen LogP contribution >= 0.6 is 15.9 Å². The lowest BCUT2D eigenvalue weighted by atomic mass is 9.93. The lowest BCUT2D eigenvalue weighted by Gasteiger charge is -2.34. The summed E-state index contributed by atoms with van der Waals surface area (Å²) in [7, 11) is 4.28. The molecular formula is C17H21BrO6. The predicted octanol–water partition coefficient (Wildman–Crippen LogP) is 2.55. The molecule has 0 bridgehead atoms. The molecule has 1 aliphatic carbocycles. The number of carbonyl (C=O) groups excluding carboxylic acids is 2. The molecular weight excluding hydrogens is 380 g/mol. The van der Waals surface area contributed by atoms with E-state index in [9.17, 15) is 9.59 Å². The molecule has 0 spiro atoms. The van der Waals surface area contributed by atoms with E-state index in [-0.39, 0.29) is 0 Å². The maximum Gasteiger partial charge on any atom is 0.338 e. The topological polar surface area (TPSA) is 71.1 Å². The summed E-state index contributed by atoms with van der Waals surface area (Å²) in [6.45, 7) is 0. The van der Waals surface area contributed by atoms with Crippen LogP contribution in [0.1, 0.15) is 23.2 Å². The molecule has 0 radical (unpaired) electrons. The van der Waals surface area contributed by atoms with Crippen molar-refractivity contribution in [2.45, 2.75) is 29.6 Å². The highest BCUT2D eigenvalue weighted by atomic mass is 79.9. The van der Waals surface area contributed by atoms with Crippen LogP contribution in [0, 0.1) is 5.92 Å². The number of carbonyl (C=O) groups is 2. The van der Waals surface area contributed by atoms with Gasteiger partial charge in [0.15, 0.2) is 6.29 Å². The van der Waals surface area contributed by atoms with Gasteiger partial charge in [0.2, 0.25) is 0 Å². The molecule has 0 amide bonds. The number of hydrogen-bond donors (Lipinski definition) is 0. The summed E-state index contributed by atoms with van der Waals surface area (Å²) < 4.78 is 20.2. The molecule has 0 aliphatic heterocycles. The number of benzene rings is 1. The molecule has 24 heavy (non-hydrogen) atoms. The average Bonchev–Trinajstić information content (AvgIpc) is 2.94. The van der Waals surface area contributed by atoms with E-state index >= 15 is 0 Å². The van der Waals surface area contributed by atoms with Crippen molar-refractivity contribution in [1.82, 2.24) is 0 Å². The smallest absolute Gasteiger partial charge is 0.338 e. The lowest BCUT2D eigenvalue weighted by Crippen LogP contribution is -2.48. The van der Waals surface area contributed by atoms with Crippen LogP contribution in [0.5, 0.6) is 0 Å². The first-order valence-electron chi connectivity index (χ1n) is 7.57. The Bertz CT molecular complexity index is 574. The Hall–Kier alpha value is -1.44. The van der Waals surface area contributed by atoms with Crippen LogP contribution in [0.4, 0.5) is 0 Å². The average molecular weight is 401 g/mol. The molecule has 0 N–H and O–H groups in total. The second kappa shape index (κ2) is 8.09. The van der Waals surface area contributed by atoms with Crippen LogP contribution < -0.4 is 0 Å². The van der Waals surface area contributed by atoms with Crippen molar-refractivity contribution in [3.05, 3.63) is 35.9 Å². The molecule has 1 aromatic rings. The van der Waals surface area contributed by atoms with Crippen molar-refractivity contribution in [2.75, 3.05) is 21.3 Å². The fourth-order valence-electron chi connectivity index (χ4n) is 3.09. The van der Waals surface area contributed by atoms with E-state index < -0.39 is 34.6 Å². The van der Waals surface area contributed by atoms with Crippen LogP contribution in [0.2, 0.25) is 0 Å². The van der Waals surface area contributed by atoms with Gasteiger partial charge in [0.1, 0.15) is 10.4 Å². The fourth-order valence-corrected chi connectivity index (χ4v) is 3.99. The van der Waals surface area contributed by atoms with E-state index in [4.69, 9.17) is 18.9 Å². The molecule has 1 aliphatic rings. The van der Waals surface area contributed by atoms with Gasteiger partial charge in [0, 0.05) is 14.2 Å². The second-order valence-corrected chi connectivity index (χ2v) is 6.98. The minimum atomic E-state index is -1.03. The molecule has 0 saturated heterocycles. The third kappa shape index (κ3) is 3.63. The molecule has 7 heteroatoms. The van der Waals surface area contributed by atoms with E-state index in [1.165, 1.54) is 21.3 Å². The Morgan fingerprint density at radius 3 is 2.33 bits per heavy atom. The fraction of sp³-hybridized carbons (Fsp3) is 0.529. The molecule has 1 fully saturated rings. The normalized spacial score (nSPS) is 26.4. The number of halogens is 1. The quantitative estimate of drug-likeness (QED) is 0.415. The van der Waals surface area contributed by atoms with Crippen LogP contribution in [-0.4, -0.2) is 50.0 Å². The summed E-state index contributed by atoms with van der Waals surface area (Å²) in [5.41, 5.74) is 0.452. The number of hydrogen-bond acceptors (Lipinski definition) is 6. The van der Waals surface area contributed by atoms with Gasteiger partial charge < -0.3 is 18.9 Å². The highest BCUT2D eigenvalue weighted by Crippen LogP contribution is 2.47. The second-order valence-electron chi connectivity index (χ2n) is 5.57. The standard InChI is InChI=1S/C17H21BrO6/c1-21-15(22-2)13-12(9-10-17(13,18)16(20)23-3)24-14(19)11-7-5-4-6-8-11/h4-8,12-13,15H,9-10H2,1-3H3/t12-,13-,17?/m0/s1. The van der Waals surface area contributed by atoms with Gasteiger partial charge in [-0.05, 0) is 25.0 Å². The summed E-state index contributed by atoms with van der Waals surface area (Å²) in [4.78, 5) is 24.6. The minimum absolute atomic E-state index is 0.440. The predicted molar refractivity (Wildman–Crippen MR) is 89.8 cm³/mol. The highest BCUT2D eigenvalue weighted by Gasteiger charge is 2.58. The van der Waals surface area contributed by atoms with Gasteiger partial charge in [-0.3, -0.25) is 4.79 Å². The van der Waals surface area contributed by atoms with Gasteiger partial charge in [-0.25, -0.2) is 4.79 Å². The zero-order valence-electron chi connectivity index (χ0n) is 13.9. The summed E-state index contributed by atoms with van der Waals surface area (Å²) >= 11 is 3.48. The summed E-state index contributed by atoms with van der Waals surface area (Å²) in [5.74, 6) is -1.42. The third-order valence-corrected chi connectivity index (χ3v) is 5.52. The van der Waals surface area contributed by atoms with Gasteiger partial charge in [0.05, 0.1) is 18.6 Å². The Morgan fingerprint density at radius 1 is 1.17 bits per heavy atom. The lowest BCUT2D eigenvalue weighted by molar-refractivity contribution is -0.172. The number of methoxy groups -OCH3 is 3. The van der Waals surface area contributed by atoms with Crippen molar-refractivity contribution in [3.63, 3.8) is 0 Å². The van der Waals surface area contributed by atoms with Crippen LogP contribution in [0.15, 0.2) is 30.3 Å².